The Morgan fingerprint density at radius 2 is 1.80 bits per heavy atom. The molecule has 0 bridgehead atoms. The molecule has 0 radical (unpaired) electrons. The van der Waals surface area contributed by atoms with E-state index < -0.39 is 0 Å². The minimum absolute atomic E-state index is 0.390. The van der Waals surface area contributed by atoms with Gasteiger partial charge in [0.2, 0.25) is 0 Å². The first-order valence-corrected chi connectivity index (χ1v) is 8.09. The molecule has 1 aromatic carbocycles. The van der Waals surface area contributed by atoms with Crippen LogP contribution in [0.25, 0.3) is 0 Å². The van der Waals surface area contributed by atoms with Gasteiger partial charge in [-0.15, -0.1) is 0 Å². The third kappa shape index (κ3) is 5.96. The third-order valence-electron chi connectivity index (χ3n) is 3.89. The van der Waals surface area contributed by atoms with Crippen molar-refractivity contribution in [3.63, 3.8) is 0 Å². The molecule has 0 spiro atoms. The lowest BCUT2D eigenvalue weighted by atomic mass is 10.1. The Morgan fingerprint density at radius 3 is 2.45 bits per heavy atom. The van der Waals surface area contributed by atoms with E-state index in [2.05, 4.69) is 44.3 Å². The number of hydrogen-bond acceptors (Lipinski definition) is 2. The zero-order valence-electron chi connectivity index (χ0n) is 13.7. The summed E-state index contributed by atoms with van der Waals surface area (Å²) in [7, 11) is 1.99. The second-order valence-electron chi connectivity index (χ2n) is 5.65. The van der Waals surface area contributed by atoms with Gasteiger partial charge in [0.25, 0.3) is 0 Å². The van der Waals surface area contributed by atoms with Crippen LogP contribution in [0.3, 0.4) is 0 Å². The number of aryl methyl sites for hydroxylation is 1. The van der Waals surface area contributed by atoms with E-state index in [0.29, 0.717) is 6.04 Å². The normalized spacial score (nSPS) is 12.4. The predicted molar refractivity (Wildman–Crippen MR) is 87.5 cm³/mol. The first kappa shape index (κ1) is 17.0. The fourth-order valence-electron chi connectivity index (χ4n) is 2.34. The summed E-state index contributed by atoms with van der Waals surface area (Å²) in [4.78, 5) is 0. The molecular weight excluding hydrogens is 246 g/mol. The summed E-state index contributed by atoms with van der Waals surface area (Å²) in [5, 5.41) is 3.26. The maximum atomic E-state index is 5.89. The van der Waals surface area contributed by atoms with Crippen LogP contribution in [-0.2, 0) is 0 Å². The van der Waals surface area contributed by atoms with Crippen LogP contribution >= 0.6 is 0 Å². The smallest absolute Gasteiger partial charge is 0.122 e. The van der Waals surface area contributed by atoms with Gasteiger partial charge in [-0.25, -0.2) is 0 Å². The van der Waals surface area contributed by atoms with E-state index >= 15 is 0 Å². The Kier molecular flexibility index (Phi) is 8.36. The van der Waals surface area contributed by atoms with Gasteiger partial charge in [-0.3, -0.25) is 0 Å². The van der Waals surface area contributed by atoms with Crippen LogP contribution in [0.15, 0.2) is 18.2 Å². The second kappa shape index (κ2) is 9.82. The molecule has 0 aliphatic rings. The molecule has 1 N–H and O–H groups in total. The SMILES string of the molecule is CCCCCCCCOc1ccc(C(C)NC)cc1C. The number of unbranched alkanes of at least 4 members (excludes halogenated alkanes) is 5. The summed E-state index contributed by atoms with van der Waals surface area (Å²) in [5.41, 5.74) is 2.55. The number of rotatable bonds is 10. The summed E-state index contributed by atoms with van der Waals surface area (Å²) < 4.78 is 5.89. The molecule has 2 heteroatoms. The maximum Gasteiger partial charge on any atom is 0.122 e. The van der Waals surface area contributed by atoms with Crippen LogP contribution < -0.4 is 10.1 Å². The van der Waals surface area contributed by atoms with Crippen molar-refractivity contribution in [3.8, 4) is 5.75 Å². The summed E-state index contributed by atoms with van der Waals surface area (Å²) in [5.74, 6) is 1.03. The van der Waals surface area contributed by atoms with Crippen molar-refractivity contribution in [3.05, 3.63) is 29.3 Å². The van der Waals surface area contributed by atoms with Crippen LogP contribution in [0, 0.1) is 6.92 Å². The topological polar surface area (TPSA) is 21.3 Å². The van der Waals surface area contributed by atoms with Gasteiger partial charge in [-0.2, -0.15) is 0 Å². The van der Waals surface area contributed by atoms with E-state index in [1.165, 1.54) is 43.2 Å². The Hall–Kier alpha value is -1.02. The quantitative estimate of drug-likeness (QED) is 0.607. The molecule has 1 unspecified atom stereocenters. The lowest BCUT2D eigenvalue weighted by molar-refractivity contribution is 0.302. The van der Waals surface area contributed by atoms with E-state index in [1.54, 1.807) is 0 Å². The molecule has 20 heavy (non-hydrogen) atoms. The molecule has 0 fully saturated rings. The van der Waals surface area contributed by atoms with Crippen molar-refractivity contribution < 1.29 is 4.74 Å². The fourth-order valence-corrected chi connectivity index (χ4v) is 2.34. The van der Waals surface area contributed by atoms with Crippen LogP contribution in [0.1, 0.15) is 69.5 Å². The Bertz CT molecular complexity index is 376. The summed E-state index contributed by atoms with van der Waals surface area (Å²) in [6.07, 6.45) is 7.84. The molecular formula is C18H31NO. The van der Waals surface area contributed by atoms with Gasteiger partial charge >= 0.3 is 0 Å². The standard InChI is InChI=1S/C18H31NO/c1-5-6-7-8-9-10-13-20-18-12-11-17(14-15(18)2)16(3)19-4/h11-12,14,16,19H,5-10,13H2,1-4H3. The molecule has 1 atom stereocenters. The molecule has 0 aliphatic carbocycles. The molecule has 0 amide bonds. The van der Waals surface area contributed by atoms with Crippen LogP contribution in [0.5, 0.6) is 5.75 Å². The highest BCUT2D eigenvalue weighted by Crippen LogP contribution is 2.22. The van der Waals surface area contributed by atoms with Gasteiger partial charge < -0.3 is 10.1 Å². The van der Waals surface area contributed by atoms with E-state index in [1.807, 2.05) is 7.05 Å². The van der Waals surface area contributed by atoms with Gasteiger partial charge in [0.05, 0.1) is 6.61 Å². The minimum Gasteiger partial charge on any atom is -0.493 e. The molecule has 0 aliphatic heterocycles. The van der Waals surface area contributed by atoms with E-state index in [4.69, 9.17) is 4.74 Å². The molecule has 1 aromatic rings. The Labute approximate surface area is 124 Å². The fraction of sp³-hybridized carbons (Fsp3) is 0.667. The van der Waals surface area contributed by atoms with Crippen molar-refractivity contribution >= 4 is 0 Å². The maximum absolute atomic E-state index is 5.89. The number of nitrogens with one attached hydrogen (secondary N) is 1. The average molecular weight is 277 g/mol. The van der Waals surface area contributed by atoms with E-state index in [0.717, 1.165) is 18.8 Å². The van der Waals surface area contributed by atoms with Crippen molar-refractivity contribution in [1.29, 1.82) is 0 Å². The molecule has 1 rings (SSSR count). The first-order valence-electron chi connectivity index (χ1n) is 8.09. The van der Waals surface area contributed by atoms with Crippen LogP contribution in [0.2, 0.25) is 0 Å². The number of benzene rings is 1. The third-order valence-corrected chi connectivity index (χ3v) is 3.89. The van der Waals surface area contributed by atoms with Gasteiger partial charge in [0, 0.05) is 6.04 Å². The lowest BCUT2D eigenvalue weighted by Crippen LogP contribution is -2.12. The molecule has 0 aromatic heterocycles. The van der Waals surface area contributed by atoms with Crippen LogP contribution in [0.4, 0.5) is 0 Å². The second-order valence-corrected chi connectivity index (χ2v) is 5.65. The zero-order chi connectivity index (χ0) is 14.8. The van der Waals surface area contributed by atoms with Gasteiger partial charge in [-0.1, -0.05) is 51.2 Å². The van der Waals surface area contributed by atoms with Crippen molar-refractivity contribution in [2.24, 2.45) is 0 Å². The molecule has 0 saturated heterocycles. The summed E-state index contributed by atoms with van der Waals surface area (Å²) >= 11 is 0. The molecule has 114 valence electrons. The summed E-state index contributed by atoms with van der Waals surface area (Å²) in [6.45, 7) is 7.40. The van der Waals surface area contributed by atoms with Crippen LogP contribution in [-0.4, -0.2) is 13.7 Å². The number of ether oxygens (including phenoxy) is 1. The van der Waals surface area contributed by atoms with E-state index in [-0.39, 0.29) is 0 Å². The van der Waals surface area contributed by atoms with Gasteiger partial charge in [0.1, 0.15) is 5.75 Å². The van der Waals surface area contributed by atoms with Gasteiger partial charge in [-0.05, 0) is 44.5 Å². The van der Waals surface area contributed by atoms with Crippen molar-refractivity contribution in [1.82, 2.24) is 5.32 Å². The molecule has 2 nitrogen and oxygen atoms in total. The van der Waals surface area contributed by atoms with E-state index in [9.17, 15) is 0 Å². The Balaban J connectivity index is 2.30. The highest BCUT2D eigenvalue weighted by atomic mass is 16.5. The Morgan fingerprint density at radius 1 is 1.10 bits per heavy atom. The lowest BCUT2D eigenvalue weighted by Gasteiger charge is -2.14. The highest BCUT2D eigenvalue weighted by molar-refractivity contribution is 5.37. The zero-order valence-corrected chi connectivity index (χ0v) is 13.7. The minimum atomic E-state index is 0.390. The predicted octanol–water partition coefficient (Wildman–Crippen LogP) is 5.01. The largest absolute Gasteiger partial charge is 0.493 e. The molecule has 0 saturated carbocycles. The number of hydrogen-bond donors (Lipinski definition) is 1. The molecule has 0 heterocycles. The van der Waals surface area contributed by atoms with Gasteiger partial charge in [0.15, 0.2) is 0 Å². The van der Waals surface area contributed by atoms with Crippen molar-refractivity contribution in [2.75, 3.05) is 13.7 Å². The first-order chi connectivity index (χ1) is 9.69. The monoisotopic (exact) mass is 277 g/mol. The average Bonchev–Trinajstić information content (AvgIpc) is 2.46. The summed E-state index contributed by atoms with van der Waals surface area (Å²) in [6, 6.07) is 6.87. The highest BCUT2D eigenvalue weighted by Gasteiger charge is 2.05. The van der Waals surface area contributed by atoms with Crippen molar-refractivity contribution in [2.45, 2.75) is 65.3 Å².